The fraction of sp³-hybridized carbons (Fsp3) is 0.778. The maximum Gasteiger partial charge on any atom is 0.0445 e. The Hall–Kier alpha value is -0.300. The van der Waals surface area contributed by atoms with Gasteiger partial charge < -0.3 is 0 Å². The van der Waals surface area contributed by atoms with Crippen molar-refractivity contribution in [2.45, 2.75) is 78.6 Å². The Balaban J connectivity index is 2.07. The fourth-order valence-corrected chi connectivity index (χ4v) is 3.50. The first-order valence-electron chi connectivity index (χ1n) is 8.19. The van der Waals surface area contributed by atoms with Gasteiger partial charge in [0, 0.05) is 5.38 Å². The Kier molecular flexibility index (Phi) is 9.24. The lowest BCUT2D eigenvalue weighted by Gasteiger charge is -2.19. The number of hydrogen-bond acceptors (Lipinski definition) is 1. The molecule has 0 fully saturated rings. The highest BCUT2D eigenvalue weighted by molar-refractivity contribution is 7.07. The lowest BCUT2D eigenvalue weighted by molar-refractivity contribution is 0.334. The molecule has 0 saturated carbocycles. The summed E-state index contributed by atoms with van der Waals surface area (Å²) in [5, 5.41) is 5.41. The second kappa shape index (κ2) is 10.5. The Bertz CT molecular complexity index is 289. The average Bonchev–Trinajstić information content (AvgIpc) is 2.92. The Morgan fingerprint density at radius 2 is 2.00 bits per heavy atom. The van der Waals surface area contributed by atoms with E-state index in [0.29, 0.717) is 0 Å². The molecule has 0 aliphatic rings. The Labute approximate surface area is 124 Å². The van der Waals surface area contributed by atoms with Crippen LogP contribution in [0.1, 0.15) is 77.7 Å². The van der Waals surface area contributed by atoms with Crippen LogP contribution in [0.3, 0.4) is 0 Å². The maximum atomic E-state index is 3.17. The van der Waals surface area contributed by atoms with Crippen LogP contribution in [0.15, 0.2) is 11.4 Å². The molecule has 1 radical (unpaired) electrons. The first-order valence-corrected chi connectivity index (χ1v) is 9.07. The summed E-state index contributed by atoms with van der Waals surface area (Å²) in [5.41, 5.74) is 1.48. The van der Waals surface area contributed by atoms with Gasteiger partial charge in [-0.2, -0.15) is 0 Å². The van der Waals surface area contributed by atoms with Crippen molar-refractivity contribution in [3.05, 3.63) is 22.4 Å². The van der Waals surface area contributed by atoms with Crippen molar-refractivity contribution in [3.8, 4) is 0 Å². The molecule has 109 valence electrons. The van der Waals surface area contributed by atoms with Crippen molar-refractivity contribution in [2.24, 2.45) is 11.8 Å². The molecule has 1 heterocycles. The quantitative estimate of drug-likeness (QED) is 0.405. The zero-order valence-electron chi connectivity index (χ0n) is 13.1. The van der Waals surface area contributed by atoms with Crippen LogP contribution in [0, 0.1) is 17.2 Å². The first-order chi connectivity index (χ1) is 9.26. The molecule has 0 nitrogen and oxygen atoms in total. The summed E-state index contributed by atoms with van der Waals surface area (Å²) >= 11 is 1.70. The number of aryl methyl sites for hydroxylation is 1. The zero-order chi connectivity index (χ0) is 13.9. The minimum atomic E-state index is 0.913. The highest BCUT2D eigenvalue weighted by Gasteiger charge is 2.11. The predicted octanol–water partition coefficient (Wildman–Crippen LogP) is 6.50. The normalized spacial score (nSPS) is 14.5. The van der Waals surface area contributed by atoms with E-state index in [1.807, 2.05) is 0 Å². The lowest BCUT2D eigenvalue weighted by atomic mass is 9.87. The van der Waals surface area contributed by atoms with Gasteiger partial charge in [-0.15, -0.1) is 11.3 Å². The standard InChI is InChI=1S/C18H31S/c1-4-6-10-17(5-2)14-16(3)9-7-8-11-18-12-13-19-15-18/h12,15-17H,4-11,14H2,1-3H3. The summed E-state index contributed by atoms with van der Waals surface area (Å²) in [7, 11) is 0. The molecule has 2 atom stereocenters. The van der Waals surface area contributed by atoms with Gasteiger partial charge in [0.2, 0.25) is 0 Å². The summed E-state index contributed by atoms with van der Waals surface area (Å²) in [5.74, 6) is 1.89. The molecule has 0 N–H and O–H groups in total. The molecular formula is C18H31S. The van der Waals surface area contributed by atoms with Gasteiger partial charge in [0.05, 0.1) is 0 Å². The highest BCUT2D eigenvalue weighted by atomic mass is 32.1. The van der Waals surface area contributed by atoms with E-state index in [1.165, 1.54) is 63.4 Å². The van der Waals surface area contributed by atoms with Gasteiger partial charge in [0.15, 0.2) is 0 Å². The SMILES string of the molecule is CCCCC(CC)CC(C)CCCCc1c[c]sc1. The highest BCUT2D eigenvalue weighted by Crippen LogP contribution is 2.24. The van der Waals surface area contributed by atoms with E-state index in [1.54, 1.807) is 11.3 Å². The van der Waals surface area contributed by atoms with E-state index < -0.39 is 0 Å². The van der Waals surface area contributed by atoms with Gasteiger partial charge >= 0.3 is 0 Å². The molecule has 1 heteroatoms. The van der Waals surface area contributed by atoms with Crippen molar-refractivity contribution in [1.29, 1.82) is 0 Å². The van der Waals surface area contributed by atoms with Crippen LogP contribution in [0.5, 0.6) is 0 Å². The van der Waals surface area contributed by atoms with Crippen LogP contribution >= 0.6 is 11.3 Å². The van der Waals surface area contributed by atoms with Crippen LogP contribution in [0.2, 0.25) is 0 Å². The van der Waals surface area contributed by atoms with E-state index in [0.717, 1.165) is 11.8 Å². The predicted molar refractivity (Wildman–Crippen MR) is 87.8 cm³/mol. The van der Waals surface area contributed by atoms with Crippen LogP contribution in [0.25, 0.3) is 0 Å². The molecule has 0 saturated heterocycles. The summed E-state index contributed by atoms with van der Waals surface area (Å²) < 4.78 is 0. The van der Waals surface area contributed by atoms with Crippen molar-refractivity contribution in [2.75, 3.05) is 0 Å². The van der Waals surface area contributed by atoms with Gasteiger partial charge in [-0.25, -0.2) is 0 Å². The molecule has 0 aromatic carbocycles. The van der Waals surface area contributed by atoms with E-state index in [9.17, 15) is 0 Å². The fourth-order valence-electron chi connectivity index (χ4n) is 2.87. The molecule has 1 aromatic heterocycles. The molecule has 0 bridgehead atoms. The Morgan fingerprint density at radius 1 is 1.16 bits per heavy atom. The van der Waals surface area contributed by atoms with Gasteiger partial charge in [-0.1, -0.05) is 59.3 Å². The zero-order valence-corrected chi connectivity index (χ0v) is 13.9. The van der Waals surface area contributed by atoms with E-state index >= 15 is 0 Å². The molecule has 0 spiro atoms. The average molecular weight is 280 g/mol. The second-order valence-corrected chi connectivity index (χ2v) is 6.78. The van der Waals surface area contributed by atoms with Gasteiger partial charge in [-0.3, -0.25) is 0 Å². The topological polar surface area (TPSA) is 0 Å². The van der Waals surface area contributed by atoms with E-state index in [4.69, 9.17) is 0 Å². The van der Waals surface area contributed by atoms with Crippen molar-refractivity contribution in [1.82, 2.24) is 0 Å². The molecule has 0 aliphatic heterocycles. The van der Waals surface area contributed by atoms with Crippen LogP contribution in [0.4, 0.5) is 0 Å². The van der Waals surface area contributed by atoms with Crippen LogP contribution in [-0.2, 0) is 6.42 Å². The molecule has 19 heavy (non-hydrogen) atoms. The molecule has 0 amide bonds. The third kappa shape index (κ3) is 7.77. The lowest BCUT2D eigenvalue weighted by Crippen LogP contribution is -2.06. The van der Waals surface area contributed by atoms with Gasteiger partial charge in [0.1, 0.15) is 0 Å². The number of rotatable bonds is 11. The number of thiophene rings is 1. The third-order valence-electron chi connectivity index (χ3n) is 4.21. The molecular weight excluding hydrogens is 248 g/mol. The summed E-state index contributed by atoms with van der Waals surface area (Å²) in [6.07, 6.45) is 12.4. The van der Waals surface area contributed by atoms with Crippen molar-refractivity contribution in [3.63, 3.8) is 0 Å². The monoisotopic (exact) mass is 279 g/mol. The summed E-state index contributed by atoms with van der Waals surface area (Å²) in [6.45, 7) is 7.12. The van der Waals surface area contributed by atoms with E-state index in [-0.39, 0.29) is 0 Å². The first kappa shape index (κ1) is 16.8. The van der Waals surface area contributed by atoms with Gasteiger partial charge in [-0.05, 0) is 48.1 Å². The minimum Gasteiger partial charge on any atom is -0.143 e. The largest absolute Gasteiger partial charge is 0.143 e. The van der Waals surface area contributed by atoms with Gasteiger partial charge in [0.25, 0.3) is 0 Å². The Morgan fingerprint density at radius 3 is 2.63 bits per heavy atom. The number of unbranched alkanes of at least 4 members (excludes halogenated alkanes) is 2. The van der Waals surface area contributed by atoms with Crippen molar-refractivity contribution >= 4 is 11.3 Å². The maximum absolute atomic E-state index is 3.17. The molecule has 2 unspecified atom stereocenters. The molecule has 1 aromatic rings. The van der Waals surface area contributed by atoms with E-state index in [2.05, 4.69) is 37.6 Å². The molecule has 1 rings (SSSR count). The van der Waals surface area contributed by atoms with Crippen molar-refractivity contribution < 1.29 is 0 Å². The minimum absolute atomic E-state index is 0.913. The number of hydrogen-bond donors (Lipinski definition) is 0. The summed E-state index contributed by atoms with van der Waals surface area (Å²) in [4.78, 5) is 0. The third-order valence-corrected chi connectivity index (χ3v) is 4.89. The summed E-state index contributed by atoms with van der Waals surface area (Å²) in [6, 6.07) is 2.14. The smallest absolute Gasteiger partial charge is 0.0445 e. The second-order valence-electron chi connectivity index (χ2n) is 6.08. The van der Waals surface area contributed by atoms with Crippen LogP contribution < -0.4 is 0 Å². The molecule has 0 aliphatic carbocycles. The van der Waals surface area contributed by atoms with Crippen LogP contribution in [-0.4, -0.2) is 0 Å².